The fourth-order valence-electron chi connectivity index (χ4n) is 3.59. The van der Waals surface area contributed by atoms with Gasteiger partial charge >= 0.3 is 0 Å². The average molecular weight is 382 g/mol. The van der Waals surface area contributed by atoms with E-state index >= 15 is 0 Å². The molecule has 0 spiro atoms. The number of carbonyl (C=O) groups is 1. The van der Waals surface area contributed by atoms with Crippen LogP contribution in [0, 0.1) is 5.92 Å². The highest BCUT2D eigenvalue weighted by Gasteiger charge is 2.46. The maximum absolute atomic E-state index is 13.0. The maximum Gasteiger partial charge on any atom is 0.257 e. The molecule has 0 unspecified atom stereocenters. The third kappa shape index (κ3) is 3.72. The Bertz CT molecular complexity index is 765. The van der Waals surface area contributed by atoms with Crippen molar-refractivity contribution in [3.63, 3.8) is 0 Å². The van der Waals surface area contributed by atoms with Crippen LogP contribution in [-0.4, -0.2) is 74.8 Å². The molecule has 0 saturated carbocycles. The van der Waals surface area contributed by atoms with Crippen LogP contribution in [-0.2, 0) is 14.8 Å². The zero-order valence-electron chi connectivity index (χ0n) is 15.4. The average Bonchev–Trinajstić information content (AvgIpc) is 2.97. The number of benzene rings is 1. The van der Waals surface area contributed by atoms with Gasteiger partial charge in [0.25, 0.3) is 5.91 Å². The summed E-state index contributed by atoms with van der Waals surface area (Å²) in [7, 11) is -1.86. The van der Waals surface area contributed by atoms with Gasteiger partial charge in [0, 0.05) is 19.6 Å². The van der Waals surface area contributed by atoms with Gasteiger partial charge in [0.1, 0.15) is 5.75 Å². The molecule has 0 radical (unpaired) electrons. The van der Waals surface area contributed by atoms with Crippen LogP contribution in [0.4, 0.5) is 0 Å². The summed E-state index contributed by atoms with van der Waals surface area (Å²) >= 11 is 0. The normalized spacial score (nSPS) is 25.8. The number of para-hydroxylation sites is 1. The van der Waals surface area contributed by atoms with E-state index in [1.54, 1.807) is 27.4 Å². The van der Waals surface area contributed by atoms with Crippen molar-refractivity contribution in [2.45, 2.75) is 26.0 Å². The lowest BCUT2D eigenvalue weighted by Crippen LogP contribution is -2.47. The van der Waals surface area contributed by atoms with Gasteiger partial charge in [-0.3, -0.25) is 4.79 Å². The molecule has 2 saturated heterocycles. The molecule has 2 atom stereocenters. The number of nitrogens with zero attached hydrogens (tertiary/aromatic N) is 2. The van der Waals surface area contributed by atoms with Crippen LogP contribution in [0.1, 0.15) is 24.2 Å². The number of fused-ring (bicyclic) bond motifs is 1. The highest BCUT2D eigenvalue weighted by Crippen LogP contribution is 2.28. The van der Waals surface area contributed by atoms with Gasteiger partial charge in [-0.05, 0) is 18.1 Å². The molecule has 7 nitrogen and oxygen atoms in total. The number of hydrogen-bond donors (Lipinski definition) is 0. The molecule has 2 aliphatic heterocycles. The van der Waals surface area contributed by atoms with E-state index in [1.165, 1.54) is 7.11 Å². The first kappa shape index (κ1) is 19.1. The summed E-state index contributed by atoms with van der Waals surface area (Å²) in [4.78, 5) is 14.6. The lowest BCUT2D eigenvalue weighted by molar-refractivity contribution is 0.0441. The molecule has 8 heteroatoms. The molecule has 3 rings (SSSR count). The van der Waals surface area contributed by atoms with Crippen LogP contribution in [0.2, 0.25) is 0 Å². The third-order valence-corrected chi connectivity index (χ3v) is 6.62. The Morgan fingerprint density at radius 2 is 2.04 bits per heavy atom. The van der Waals surface area contributed by atoms with E-state index in [-0.39, 0.29) is 36.3 Å². The minimum absolute atomic E-state index is 0.00677. The Balaban J connectivity index is 1.86. The van der Waals surface area contributed by atoms with Gasteiger partial charge in [-0.1, -0.05) is 26.0 Å². The van der Waals surface area contributed by atoms with Gasteiger partial charge in [-0.15, -0.1) is 0 Å². The summed E-state index contributed by atoms with van der Waals surface area (Å²) in [5.74, 6) is 0.536. The van der Waals surface area contributed by atoms with Crippen molar-refractivity contribution in [2.24, 2.45) is 5.92 Å². The van der Waals surface area contributed by atoms with Crippen molar-refractivity contribution in [3.8, 4) is 5.75 Å². The molecule has 0 N–H and O–H groups in total. The third-order valence-electron chi connectivity index (χ3n) is 4.81. The van der Waals surface area contributed by atoms with Gasteiger partial charge in [-0.2, -0.15) is 4.31 Å². The van der Waals surface area contributed by atoms with E-state index in [4.69, 9.17) is 9.47 Å². The Hall–Kier alpha value is -1.64. The van der Waals surface area contributed by atoms with E-state index in [9.17, 15) is 13.2 Å². The highest BCUT2D eigenvalue weighted by molar-refractivity contribution is 7.89. The summed E-state index contributed by atoms with van der Waals surface area (Å²) in [5, 5.41) is 0. The van der Waals surface area contributed by atoms with Crippen molar-refractivity contribution in [1.82, 2.24) is 9.21 Å². The minimum Gasteiger partial charge on any atom is -0.496 e. The first-order valence-electron chi connectivity index (χ1n) is 8.87. The molecule has 2 aliphatic rings. The molecule has 0 aromatic heterocycles. The molecule has 2 heterocycles. The van der Waals surface area contributed by atoms with Crippen molar-refractivity contribution in [1.29, 1.82) is 0 Å². The van der Waals surface area contributed by atoms with Crippen LogP contribution in [0.25, 0.3) is 0 Å². The first-order chi connectivity index (χ1) is 12.3. The van der Waals surface area contributed by atoms with Gasteiger partial charge in [0.2, 0.25) is 10.0 Å². The minimum atomic E-state index is -3.39. The maximum atomic E-state index is 13.0. The van der Waals surface area contributed by atoms with Gasteiger partial charge < -0.3 is 14.4 Å². The fraction of sp³-hybridized carbons (Fsp3) is 0.611. The number of rotatable bonds is 4. The summed E-state index contributed by atoms with van der Waals surface area (Å²) in [6.07, 6.45) is -0.301. The molecule has 0 aliphatic carbocycles. The molecule has 144 valence electrons. The fourth-order valence-corrected chi connectivity index (χ4v) is 5.27. The molecule has 0 bridgehead atoms. The summed E-state index contributed by atoms with van der Waals surface area (Å²) in [6, 6.07) is 6.72. The number of sulfonamides is 1. The number of carbonyl (C=O) groups excluding carboxylic acids is 1. The Morgan fingerprint density at radius 3 is 2.73 bits per heavy atom. The molecule has 1 amide bonds. The number of hydrogen-bond acceptors (Lipinski definition) is 5. The number of ether oxygens (including phenoxy) is 2. The monoisotopic (exact) mass is 382 g/mol. The Kier molecular flexibility index (Phi) is 5.55. The van der Waals surface area contributed by atoms with Gasteiger partial charge in [0.15, 0.2) is 0 Å². The van der Waals surface area contributed by atoms with Crippen LogP contribution < -0.4 is 4.74 Å². The number of amides is 1. The summed E-state index contributed by atoms with van der Waals surface area (Å²) in [5.41, 5.74) is 0.477. The van der Waals surface area contributed by atoms with Crippen LogP contribution in [0.3, 0.4) is 0 Å². The number of likely N-dealkylation sites (tertiary alicyclic amines) is 1. The second-order valence-electron chi connectivity index (χ2n) is 7.17. The van der Waals surface area contributed by atoms with Gasteiger partial charge in [-0.25, -0.2) is 8.42 Å². The zero-order valence-corrected chi connectivity index (χ0v) is 16.2. The smallest absolute Gasteiger partial charge is 0.257 e. The van der Waals surface area contributed by atoms with Crippen molar-refractivity contribution >= 4 is 15.9 Å². The molecule has 2 fully saturated rings. The molecule has 26 heavy (non-hydrogen) atoms. The van der Waals surface area contributed by atoms with Crippen LogP contribution in [0.15, 0.2) is 24.3 Å². The summed E-state index contributed by atoms with van der Waals surface area (Å²) in [6.45, 7) is 5.28. The van der Waals surface area contributed by atoms with Crippen molar-refractivity contribution in [3.05, 3.63) is 29.8 Å². The largest absolute Gasteiger partial charge is 0.496 e. The van der Waals surface area contributed by atoms with E-state index in [1.807, 2.05) is 19.9 Å². The van der Waals surface area contributed by atoms with Crippen LogP contribution in [0.5, 0.6) is 5.75 Å². The lowest BCUT2D eigenvalue weighted by atomic mass is 10.1. The SMILES string of the molecule is COc1ccccc1C(=O)N1C[C@@H]2OCCS(=O)(=O)N(CC(C)C)[C@@H]2C1. The van der Waals surface area contributed by atoms with E-state index in [0.717, 1.165) is 0 Å². The molecular weight excluding hydrogens is 356 g/mol. The van der Waals surface area contributed by atoms with E-state index < -0.39 is 10.0 Å². The standard InChI is InChI=1S/C18H26N2O5S/c1-13(2)10-20-15-11-19(12-17(15)25-8-9-26(20,22)23)18(21)14-6-4-5-7-16(14)24-3/h4-7,13,15,17H,8-12H2,1-3H3/t15-,17+/m1/s1. The van der Waals surface area contributed by atoms with Crippen LogP contribution >= 0.6 is 0 Å². The quantitative estimate of drug-likeness (QED) is 0.782. The predicted molar refractivity (Wildman–Crippen MR) is 97.8 cm³/mol. The van der Waals surface area contributed by atoms with Crippen molar-refractivity contribution < 1.29 is 22.7 Å². The first-order valence-corrected chi connectivity index (χ1v) is 10.5. The molecule has 1 aromatic carbocycles. The zero-order chi connectivity index (χ0) is 18.9. The highest BCUT2D eigenvalue weighted by atomic mass is 32.2. The Morgan fingerprint density at radius 1 is 1.31 bits per heavy atom. The molecule has 1 aromatic rings. The van der Waals surface area contributed by atoms with Crippen molar-refractivity contribution in [2.75, 3.05) is 39.1 Å². The Labute approximate surface area is 154 Å². The van der Waals surface area contributed by atoms with E-state index in [0.29, 0.717) is 30.9 Å². The second-order valence-corrected chi connectivity index (χ2v) is 9.21. The summed E-state index contributed by atoms with van der Waals surface area (Å²) < 4.78 is 37.9. The predicted octanol–water partition coefficient (Wildman–Crippen LogP) is 1.21. The van der Waals surface area contributed by atoms with Gasteiger partial charge in [0.05, 0.1) is 37.2 Å². The topological polar surface area (TPSA) is 76.1 Å². The lowest BCUT2D eigenvalue weighted by Gasteiger charge is -2.29. The molecular formula is C18H26N2O5S. The second kappa shape index (κ2) is 7.54. The van der Waals surface area contributed by atoms with E-state index in [2.05, 4.69) is 0 Å². The number of methoxy groups -OCH3 is 1.